The molecule has 0 amide bonds. The first-order valence-corrected chi connectivity index (χ1v) is 8.53. The van der Waals surface area contributed by atoms with Crippen LogP contribution in [-0.4, -0.2) is 28.3 Å². The number of ether oxygens (including phenoxy) is 1. The van der Waals surface area contributed by atoms with Crippen LogP contribution in [0, 0.1) is 18.0 Å². The number of nitriles is 1. The number of hydrogen-bond acceptors (Lipinski definition) is 4. The number of fused-ring (bicyclic) bond motifs is 1. The van der Waals surface area contributed by atoms with Crippen LogP contribution in [-0.2, 0) is 0 Å². The minimum atomic E-state index is -0.946. The molecule has 1 aliphatic heterocycles. The zero-order valence-electron chi connectivity index (χ0n) is 16.3. The third-order valence-electron chi connectivity index (χ3n) is 4.61. The van der Waals surface area contributed by atoms with Gasteiger partial charge in [0, 0.05) is 11.1 Å². The Labute approximate surface area is 167 Å². The number of rotatable bonds is 3. The lowest BCUT2D eigenvalue weighted by atomic mass is 9.86. The number of nitrogens with zero attached hydrogens (tertiary/aromatic N) is 3. The minimum absolute atomic E-state index is 0. The maximum absolute atomic E-state index is 10.8. The van der Waals surface area contributed by atoms with E-state index in [2.05, 4.69) is 20.5 Å². The molecule has 1 aromatic carbocycles. The van der Waals surface area contributed by atoms with Crippen LogP contribution in [0.25, 0.3) is 4.85 Å². The molecule has 0 aromatic heterocycles. The van der Waals surface area contributed by atoms with Crippen molar-refractivity contribution >= 4 is 25.1 Å². The number of aliphatic imine (C=N–C) groups is 1. The van der Waals surface area contributed by atoms with Crippen LogP contribution >= 0.6 is 13.5 Å². The Kier molecular flexibility index (Phi) is 7.13. The molecule has 7 nitrogen and oxygen atoms in total. The summed E-state index contributed by atoms with van der Waals surface area (Å²) in [5.74, 6) is 0.854. The highest BCUT2D eigenvalue weighted by Gasteiger charge is 2.43. The standard InChI is InChI=1S/C19H25N5O2.H2S/c1-7-18(2,3)24-17(22-11-20)23-15-13-10-12(21-6)8-9-14(13)26-19(4,5)16(15)25;/h8-10,15-16,25H,7H2,1-5H3,(H2,22,23,24);1H2/t15-,16+;/m0./s1. The smallest absolute Gasteiger partial charge is 0.205 e. The van der Waals surface area contributed by atoms with Crippen molar-refractivity contribution in [1.82, 2.24) is 10.6 Å². The second-order valence-corrected chi connectivity index (χ2v) is 7.51. The molecule has 0 radical (unpaired) electrons. The van der Waals surface area contributed by atoms with E-state index in [0.717, 1.165) is 6.42 Å². The highest BCUT2D eigenvalue weighted by molar-refractivity contribution is 7.59. The average molecular weight is 390 g/mol. The van der Waals surface area contributed by atoms with Gasteiger partial charge in [-0.25, -0.2) is 9.84 Å². The molecule has 1 aromatic rings. The number of aliphatic hydroxyl groups is 1. The average Bonchev–Trinajstić information content (AvgIpc) is 2.58. The van der Waals surface area contributed by atoms with Gasteiger partial charge >= 0.3 is 0 Å². The summed E-state index contributed by atoms with van der Waals surface area (Å²) in [6, 6.07) is 4.39. The van der Waals surface area contributed by atoms with Crippen LogP contribution in [0.1, 0.15) is 52.6 Å². The molecular weight excluding hydrogens is 362 g/mol. The van der Waals surface area contributed by atoms with Crippen LogP contribution in [0.15, 0.2) is 23.2 Å². The predicted molar refractivity (Wildman–Crippen MR) is 110 cm³/mol. The van der Waals surface area contributed by atoms with Crippen molar-refractivity contribution in [3.63, 3.8) is 0 Å². The predicted octanol–water partition coefficient (Wildman–Crippen LogP) is 3.13. The SMILES string of the molecule is S.[C-]#[N+]c1ccc2c(c1)[C@H](N=C(NC#N)NC(C)(C)CC)[C@@H](O)C(C)(C)O2. The summed E-state index contributed by atoms with van der Waals surface area (Å²) < 4.78 is 5.90. The highest BCUT2D eigenvalue weighted by atomic mass is 32.1. The number of nitrogens with one attached hydrogen (secondary N) is 2. The van der Waals surface area contributed by atoms with E-state index in [0.29, 0.717) is 17.0 Å². The Balaban J connectivity index is 0.00000364. The molecule has 3 N–H and O–H groups in total. The van der Waals surface area contributed by atoms with E-state index >= 15 is 0 Å². The van der Waals surface area contributed by atoms with Gasteiger partial charge in [0.15, 0.2) is 11.9 Å². The van der Waals surface area contributed by atoms with Gasteiger partial charge in [0.25, 0.3) is 0 Å². The Morgan fingerprint density at radius 1 is 1.48 bits per heavy atom. The molecule has 2 rings (SSSR count). The minimum Gasteiger partial charge on any atom is -0.485 e. The Morgan fingerprint density at radius 3 is 2.70 bits per heavy atom. The third-order valence-corrected chi connectivity index (χ3v) is 4.61. The second-order valence-electron chi connectivity index (χ2n) is 7.51. The molecule has 146 valence electrons. The van der Waals surface area contributed by atoms with Gasteiger partial charge in [-0.05, 0) is 46.2 Å². The number of benzene rings is 1. The van der Waals surface area contributed by atoms with Gasteiger partial charge in [-0.1, -0.05) is 13.0 Å². The first-order chi connectivity index (χ1) is 12.1. The summed E-state index contributed by atoms with van der Waals surface area (Å²) in [7, 11) is 0. The van der Waals surface area contributed by atoms with Gasteiger partial charge in [0.1, 0.15) is 23.5 Å². The fraction of sp³-hybridized carbons (Fsp3) is 0.526. The molecule has 0 aliphatic carbocycles. The molecule has 0 unspecified atom stereocenters. The van der Waals surface area contributed by atoms with Gasteiger partial charge in [-0.3, -0.25) is 5.32 Å². The maximum atomic E-state index is 10.8. The first-order valence-electron chi connectivity index (χ1n) is 8.53. The number of hydrogen-bond donors (Lipinski definition) is 3. The van der Waals surface area contributed by atoms with Crippen molar-refractivity contribution in [1.29, 1.82) is 5.26 Å². The summed E-state index contributed by atoms with van der Waals surface area (Å²) in [4.78, 5) is 8.03. The second kappa shape index (κ2) is 8.51. The van der Waals surface area contributed by atoms with Gasteiger partial charge in [-0.2, -0.15) is 18.8 Å². The van der Waals surface area contributed by atoms with Gasteiger partial charge in [0.2, 0.25) is 5.96 Å². The van der Waals surface area contributed by atoms with E-state index in [1.807, 2.05) is 27.0 Å². The van der Waals surface area contributed by atoms with E-state index in [1.54, 1.807) is 32.0 Å². The Hall–Kier alpha value is -2.42. The monoisotopic (exact) mass is 389 g/mol. The zero-order chi connectivity index (χ0) is 19.5. The largest absolute Gasteiger partial charge is 0.485 e. The Morgan fingerprint density at radius 2 is 2.15 bits per heavy atom. The molecular formula is C19H27N5O2S. The van der Waals surface area contributed by atoms with E-state index in [4.69, 9.17) is 16.6 Å². The van der Waals surface area contributed by atoms with Crippen molar-refractivity contribution in [2.45, 2.75) is 64.3 Å². The van der Waals surface area contributed by atoms with E-state index in [-0.39, 0.29) is 25.0 Å². The number of guanidine groups is 1. The molecule has 0 saturated carbocycles. The molecule has 0 fully saturated rings. The normalized spacial score (nSPS) is 20.8. The maximum Gasteiger partial charge on any atom is 0.205 e. The van der Waals surface area contributed by atoms with Crippen molar-refractivity contribution in [3.05, 3.63) is 35.2 Å². The fourth-order valence-corrected chi connectivity index (χ4v) is 2.66. The lowest BCUT2D eigenvalue weighted by Crippen LogP contribution is -2.51. The Bertz CT molecular complexity index is 792. The van der Waals surface area contributed by atoms with Gasteiger partial charge in [0.05, 0.1) is 6.57 Å². The molecule has 0 bridgehead atoms. The number of aliphatic hydroxyl groups excluding tert-OH is 1. The molecule has 0 spiro atoms. The lowest BCUT2D eigenvalue weighted by Gasteiger charge is -2.41. The molecule has 2 atom stereocenters. The summed E-state index contributed by atoms with van der Waals surface area (Å²) in [5, 5.41) is 25.7. The zero-order valence-corrected chi connectivity index (χ0v) is 17.3. The fourth-order valence-electron chi connectivity index (χ4n) is 2.66. The topological polar surface area (TPSA) is 94.0 Å². The molecule has 0 saturated heterocycles. The summed E-state index contributed by atoms with van der Waals surface area (Å²) in [6.45, 7) is 16.8. The molecule has 1 heterocycles. The molecule has 27 heavy (non-hydrogen) atoms. The lowest BCUT2D eigenvalue weighted by molar-refractivity contribution is -0.0567. The quantitative estimate of drug-likeness (QED) is 0.243. The van der Waals surface area contributed by atoms with Crippen molar-refractivity contribution < 1.29 is 9.84 Å². The van der Waals surface area contributed by atoms with Crippen molar-refractivity contribution in [2.24, 2.45) is 4.99 Å². The van der Waals surface area contributed by atoms with Crippen molar-refractivity contribution in [3.8, 4) is 11.9 Å². The van der Waals surface area contributed by atoms with Crippen molar-refractivity contribution in [2.75, 3.05) is 0 Å². The van der Waals surface area contributed by atoms with Crippen LogP contribution in [0.5, 0.6) is 5.75 Å². The van der Waals surface area contributed by atoms with Crippen LogP contribution in [0.4, 0.5) is 5.69 Å². The summed E-state index contributed by atoms with van der Waals surface area (Å²) in [6.07, 6.45) is 1.75. The summed E-state index contributed by atoms with van der Waals surface area (Å²) in [5.41, 5.74) is -0.0799. The molecule has 1 aliphatic rings. The van der Waals surface area contributed by atoms with Gasteiger partial charge < -0.3 is 15.2 Å². The van der Waals surface area contributed by atoms with E-state index in [1.165, 1.54) is 0 Å². The van der Waals surface area contributed by atoms with Gasteiger partial charge in [-0.15, -0.1) is 0 Å². The van der Waals surface area contributed by atoms with Crippen LogP contribution < -0.4 is 15.4 Å². The van der Waals surface area contributed by atoms with Crippen LogP contribution in [0.3, 0.4) is 0 Å². The third kappa shape index (κ3) is 5.06. The van der Waals surface area contributed by atoms with E-state index in [9.17, 15) is 5.11 Å². The highest BCUT2D eigenvalue weighted by Crippen LogP contribution is 2.43. The van der Waals surface area contributed by atoms with Crippen LogP contribution in [0.2, 0.25) is 0 Å². The summed E-state index contributed by atoms with van der Waals surface area (Å²) >= 11 is 0. The molecule has 8 heteroatoms. The first kappa shape index (κ1) is 22.6. The van der Waals surface area contributed by atoms with E-state index < -0.39 is 17.7 Å².